The topological polar surface area (TPSA) is 105 Å². The van der Waals surface area contributed by atoms with E-state index in [1.165, 1.54) is 24.3 Å². The predicted octanol–water partition coefficient (Wildman–Crippen LogP) is 2.54. The molecule has 1 saturated heterocycles. The van der Waals surface area contributed by atoms with Crippen molar-refractivity contribution in [1.29, 1.82) is 0 Å². The van der Waals surface area contributed by atoms with Crippen molar-refractivity contribution in [2.45, 2.75) is 0 Å². The molecule has 3 rings (SSSR count). The highest BCUT2D eigenvalue weighted by Gasteiger charge is 2.33. The average Bonchev–Trinajstić information content (AvgIpc) is 2.90. The summed E-state index contributed by atoms with van der Waals surface area (Å²) in [4.78, 5) is 39.2. The quantitative estimate of drug-likeness (QED) is 0.372. The van der Waals surface area contributed by atoms with Gasteiger partial charge < -0.3 is 0 Å². The highest BCUT2D eigenvalue weighted by atomic mass is 32.2. The van der Waals surface area contributed by atoms with E-state index in [0.29, 0.717) is 10.6 Å². The zero-order valence-corrected chi connectivity index (χ0v) is 14.6. The molecule has 1 fully saturated rings. The van der Waals surface area contributed by atoms with E-state index in [9.17, 15) is 19.7 Å². The Labute approximate surface area is 157 Å². The third-order valence-electron chi connectivity index (χ3n) is 3.31. The number of aromatic nitrogens is 1. The molecule has 0 spiro atoms. The Kier molecular flexibility index (Phi) is 5.05. The van der Waals surface area contributed by atoms with E-state index >= 15 is 0 Å². The molecule has 0 radical (unpaired) electrons. The van der Waals surface area contributed by atoms with Crippen molar-refractivity contribution in [3.05, 3.63) is 74.9 Å². The molecule has 1 aliphatic heterocycles. The van der Waals surface area contributed by atoms with Crippen LogP contribution in [0.25, 0.3) is 6.08 Å². The number of benzene rings is 1. The number of hydrogen-bond acceptors (Lipinski definition) is 7. The first-order valence-electron chi connectivity index (χ1n) is 7.20. The molecule has 1 aromatic heterocycles. The molecule has 130 valence electrons. The van der Waals surface area contributed by atoms with Gasteiger partial charge in [-0.25, -0.2) is 0 Å². The van der Waals surface area contributed by atoms with Gasteiger partial charge in [0.15, 0.2) is 4.32 Å². The van der Waals surface area contributed by atoms with Gasteiger partial charge in [-0.1, -0.05) is 17.8 Å². The van der Waals surface area contributed by atoms with Crippen LogP contribution in [0.4, 0.5) is 5.69 Å². The Hall–Kier alpha value is -3.11. The number of thioether (sulfide) groups is 1. The Bertz CT molecular complexity index is 929. The fourth-order valence-corrected chi connectivity index (χ4v) is 3.22. The second-order valence-corrected chi connectivity index (χ2v) is 6.69. The van der Waals surface area contributed by atoms with Gasteiger partial charge in [0.05, 0.1) is 15.5 Å². The highest BCUT2D eigenvalue weighted by molar-refractivity contribution is 8.26. The Morgan fingerprint density at radius 3 is 2.62 bits per heavy atom. The maximum Gasteiger partial charge on any atom is 0.285 e. The number of thiocarbonyl (C=S) groups is 1. The van der Waals surface area contributed by atoms with E-state index in [1.807, 2.05) is 0 Å². The molecule has 26 heavy (non-hydrogen) atoms. The first-order valence-corrected chi connectivity index (χ1v) is 8.42. The summed E-state index contributed by atoms with van der Waals surface area (Å²) >= 11 is 6.18. The van der Waals surface area contributed by atoms with E-state index in [1.54, 1.807) is 30.5 Å². The molecule has 0 bridgehead atoms. The minimum absolute atomic E-state index is 0.134. The normalized spacial score (nSPS) is 15.4. The van der Waals surface area contributed by atoms with E-state index in [-0.39, 0.29) is 15.6 Å². The second-order valence-electron chi connectivity index (χ2n) is 5.02. The fraction of sp³-hybridized carbons (Fsp3) is 0. The number of carbonyl (C=O) groups excluding carboxylic acids is 2. The monoisotopic (exact) mass is 386 g/mol. The summed E-state index contributed by atoms with van der Waals surface area (Å²) in [7, 11) is 0. The Morgan fingerprint density at radius 1 is 1.27 bits per heavy atom. The van der Waals surface area contributed by atoms with Crippen LogP contribution in [-0.4, -0.2) is 31.1 Å². The molecule has 0 aliphatic carbocycles. The number of hydrazine groups is 1. The van der Waals surface area contributed by atoms with Crippen LogP contribution in [0.1, 0.15) is 16.1 Å². The van der Waals surface area contributed by atoms with Crippen molar-refractivity contribution >= 4 is 51.9 Å². The third kappa shape index (κ3) is 3.76. The molecule has 2 aromatic rings. The van der Waals surface area contributed by atoms with Crippen molar-refractivity contribution in [2.75, 3.05) is 0 Å². The van der Waals surface area contributed by atoms with E-state index in [4.69, 9.17) is 12.2 Å². The zero-order chi connectivity index (χ0) is 18.7. The number of pyridine rings is 1. The van der Waals surface area contributed by atoms with Gasteiger partial charge in [0.25, 0.3) is 17.5 Å². The molecule has 1 N–H and O–H groups in total. The maximum absolute atomic E-state index is 12.4. The van der Waals surface area contributed by atoms with Crippen molar-refractivity contribution in [3.8, 4) is 0 Å². The standard InChI is InChI=1S/C16H10N4O4S2/c21-14(10-4-6-12(7-5-10)20(23)24)18-19-15(22)13(26-16(19)25)9-11-3-1-2-8-17-11/h1-9H,(H,18,21). The first kappa shape index (κ1) is 17.7. The van der Waals surface area contributed by atoms with Crippen LogP contribution in [0.2, 0.25) is 0 Å². The molecule has 10 heteroatoms. The predicted molar refractivity (Wildman–Crippen MR) is 99.8 cm³/mol. The fourth-order valence-electron chi connectivity index (χ4n) is 2.06. The van der Waals surface area contributed by atoms with E-state index < -0.39 is 16.7 Å². The number of hydrogen-bond donors (Lipinski definition) is 1. The molecular formula is C16H10N4O4S2. The van der Waals surface area contributed by atoms with Gasteiger partial charge in [0.1, 0.15) is 0 Å². The summed E-state index contributed by atoms with van der Waals surface area (Å²) in [5.41, 5.74) is 3.03. The number of non-ortho nitro benzene ring substituents is 1. The van der Waals surface area contributed by atoms with Crippen LogP contribution in [0.5, 0.6) is 0 Å². The minimum Gasteiger partial charge on any atom is -0.267 e. The summed E-state index contributed by atoms with van der Waals surface area (Å²) in [5, 5.41) is 11.6. The van der Waals surface area contributed by atoms with Gasteiger partial charge in [-0.2, -0.15) is 5.01 Å². The summed E-state index contributed by atoms with van der Waals surface area (Å²) in [5.74, 6) is -1.07. The second kappa shape index (κ2) is 7.42. The Balaban J connectivity index is 1.74. The smallest absolute Gasteiger partial charge is 0.267 e. The van der Waals surface area contributed by atoms with Gasteiger partial charge in [-0.15, -0.1) is 0 Å². The average molecular weight is 386 g/mol. The van der Waals surface area contributed by atoms with E-state index in [2.05, 4.69) is 10.4 Å². The van der Waals surface area contributed by atoms with Crippen molar-refractivity contribution in [1.82, 2.24) is 15.4 Å². The molecule has 2 amide bonds. The number of nitrogens with one attached hydrogen (secondary N) is 1. The van der Waals surface area contributed by atoms with Crippen LogP contribution < -0.4 is 5.43 Å². The molecule has 8 nitrogen and oxygen atoms in total. The lowest BCUT2D eigenvalue weighted by Crippen LogP contribution is -2.44. The molecule has 0 saturated carbocycles. The molecule has 2 heterocycles. The van der Waals surface area contributed by atoms with Crippen LogP contribution in [0, 0.1) is 10.1 Å². The van der Waals surface area contributed by atoms with Crippen molar-refractivity contribution in [2.24, 2.45) is 0 Å². The minimum atomic E-state index is -0.602. The van der Waals surface area contributed by atoms with Crippen LogP contribution in [-0.2, 0) is 4.79 Å². The van der Waals surface area contributed by atoms with Crippen LogP contribution in [0.3, 0.4) is 0 Å². The van der Waals surface area contributed by atoms with Gasteiger partial charge in [0, 0.05) is 23.9 Å². The molecule has 0 atom stereocenters. The van der Waals surface area contributed by atoms with Gasteiger partial charge in [0.2, 0.25) is 0 Å². The van der Waals surface area contributed by atoms with Crippen molar-refractivity contribution in [3.63, 3.8) is 0 Å². The van der Waals surface area contributed by atoms with Crippen LogP contribution in [0.15, 0.2) is 53.6 Å². The summed E-state index contributed by atoms with van der Waals surface area (Å²) in [6, 6.07) is 10.3. The zero-order valence-electron chi connectivity index (χ0n) is 13.0. The number of nitrogens with zero attached hydrogens (tertiary/aromatic N) is 3. The number of nitro benzene ring substituents is 1. The van der Waals surface area contributed by atoms with Gasteiger partial charge in [-0.3, -0.25) is 30.1 Å². The summed E-state index contributed by atoms with van der Waals surface area (Å²) < 4.78 is 0.174. The largest absolute Gasteiger partial charge is 0.285 e. The number of carbonyl (C=O) groups is 2. The lowest BCUT2D eigenvalue weighted by molar-refractivity contribution is -0.384. The lowest BCUT2D eigenvalue weighted by atomic mass is 10.2. The maximum atomic E-state index is 12.4. The number of rotatable bonds is 4. The third-order valence-corrected chi connectivity index (χ3v) is 4.62. The lowest BCUT2D eigenvalue weighted by Gasteiger charge is -2.15. The number of nitro groups is 1. The first-order chi connectivity index (χ1) is 12.5. The van der Waals surface area contributed by atoms with E-state index in [0.717, 1.165) is 16.8 Å². The Morgan fingerprint density at radius 2 is 2.00 bits per heavy atom. The number of amides is 2. The molecule has 1 aliphatic rings. The van der Waals surface area contributed by atoms with Crippen LogP contribution >= 0.6 is 24.0 Å². The summed E-state index contributed by atoms with van der Waals surface area (Å²) in [6.07, 6.45) is 3.18. The van der Waals surface area contributed by atoms with Gasteiger partial charge in [-0.05, 0) is 42.6 Å². The SMILES string of the molecule is O=C(NN1C(=O)C(=Cc2ccccn2)SC1=S)c1ccc([N+](=O)[O-])cc1. The van der Waals surface area contributed by atoms with Gasteiger partial charge >= 0.3 is 0 Å². The molecule has 1 aromatic carbocycles. The summed E-state index contributed by atoms with van der Waals surface area (Å²) in [6.45, 7) is 0. The molecule has 0 unspecified atom stereocenters. The molecular weight excluding hydrogens is 376 g/mol. The highest BCUT2D eigenvalue weighted by Crippen LogP contribution is 2.31. The van der Waals surface area contributed by atoms with Crippen molar-refractivity contribution < 1.29 is 14.5 Å².